The Hall–Kier alpha value is -4.56. The monoisotopic (exact) mass is 575 g/mol. The van der Waals surface area contributed by atoms with Crippen LogP contribution in [0.2, 0.25) is 0 Å². The summed E-state index contributed by atoms with van der Waals surface area (Å²) >= 11 is 0. The van der Waals surface area contributed by atoms with Gasteiger partial charge in [0.05, 0.1) is 23.7 Å². The number of rotatable bonds is 10. The molecule has 1 aliphatic heterocycles. The van der Waals surface area contributed by atoms with Gasteiger partial charge in [0.15, 0.2) is 0 Å². The van der Waals surface area contributed by atoms with E-state index in [1.165, 1.54) is 5.01 Å². The number of aromatic amines is 1. The molecule has 0 radical (unpaired) electrons. The maximum absolute atomic E-state index is 13.5. The second-order valence-corrected chi connectivity index (χ2v) is 8.21. The van der Waals surface area contributed by atoms with Gasteiger partial charge in [-0.05, 0) is 29.7 Å². The number of carbonyl (C=O) groups is 2. The number of hydrogen-bond donors (Lipinski definition) is 3. The number of carbonyl (C=O) groups excluding carboxylic acids is 1. The molecule has 8 nitrogen and oxygen atoms in total. The molecule has 3 rings (SSSR count). The van der Waals surface area contributed by atoms with Crippen molar-refractivity contribution in [3.05, 3.63) is 119 Å². The topological polar surface area (TPSA) is 123 Å². The summed E-state index contributed by atoms with van der Waals surface area (Å²) in [6, 6.07) is 8.89. The number of nitrogens with zero attached hydrogens (tertiary/aromatic N) is 2. The van der Waals surface area contributed by atoms with E-state index in [9.17, 15) is 14.4 Å². The summed E-state index contributed by atoms with van der Waals surface area (Å²) in [6.07, 6.45) is 9.92. The Morgan fingerprint density at radius 1 is 1.05 bits per heavy atom. The van der Waals surface area contributed by atoms with Gasteiger partial charge in [-0.3, -0.25) is 14.4 Å². The van der Waals surface area contributed by atoms with E-state index in [2.05, 4.69) is 29.8 Å². The molecule has 0 spiro atoms. The highest BCUT2D eigenvalue weighted by Gasteiger charge is 2.35. The van der Waals surface area contributed by atoms with Gasteiger partial charge in [0.25, 0.3) is 5.56 Å². The molecular weight excluding hydrogens is 530 g/mol. The number of allylic oxidation sites excluding steroid dienone is 6. The van der Waals surface area contributed by atoms with Crippen molar-refractivity contribution in [2.45, 2.75) is 59.9 Å². The zero-order valence-corrected chi connectivity index (χ0v) is 25.7. The van der Waals surface area contributed by atoms with Crippen LogP contribution in [-0.2, 0) is 9.59 Å². The van der Waals surface area contributed by atoms with Gasteiger partial charge in [-0.25, -0.2) is 5.01 Å². The number of hydrogen-bond acceptors (Lipinski definition) is 5. The average Bonchev–Trinajstić information content (AvgIpc) is 3.47. The van der Waals surface area contributed by atoms with Crippen LogP contribution in [0.25, 0.3) is 11.6 Å². The van der Waals surface area contributed by atoms with Crippen molar-refractivity contribution >= 4 is 29.2 Å². The molecule has 2 aromatic rings. The van der Waals surface area contributed by atoms with E-state index in [-0.39, 0.29) is 18.4 Å². The maximum Gasteiger partial charge on any atom is 0.303 e. The number of aromatic nitrogens is 1. The van der Waals surface area contributed by atoms with E-state index in [4.69, 9.17) is 10.2 Å². The van der Waals surface area contributed by atoms with Crippen molar-refractivity contribution in [3.8, 4) is 0 Å². The number of aliphatic hydroxyl groups is 1. The van der Waals surface area contributed by atoms with Gasteiger partial charge >= 0.3 is 5.97 Å². The van der Waals surface area contributed by atoms with Gasteiger partial charge in [0, 0.05) is 31.2 Å². The molecule has 8 heteroatoms. The SMILES string of the molecule is C=C/C=C\c1[nH]c(=O)c(C2=NN(C(=O)CCC(=O)O)C(c3ccccc3)C2)c(/C(C=C)=C/C=C)c1C.CC.CC.CO. The number of pyridine rings is 1. The van der Waals surface area contributed by atoms with Gasteiger partial charge in [0.2, 0.25) is 5.91 Å². The van der Waals surface area contributed by atoms with Crippen LogP contribution in [0.15, 0.2) is 90.3 Å². The lowest BCUT2D eigenvalue weighted by molar-refractivity contribution is -0.141. The minimum atomic E-state index is -1.06. The van der Waals surface area contributed by atoms with Crippen molar-refractivity contribution in [2.75, 3.05) is 7.11 Å². The third kappa shape index (κ3) is 9.82. The van der Waals surface area contributed by atoms with Crippen LogP contribution >= 0.6 is 0 Å². The predicted octanol–water partition coefficient (Wildman–Crippen LogP) is 6.84. The van der Waals surface area contributed by atoms with E-state index in [0.29, 0.717) is 34.5 Å². The molecule has 42 heavy (non-hydrogen) atoms. The summed E-state index contributed by atoms with van der Waals surface area (Å²) in [4.78, 5) is 40.5. The number of H-pyrrole nitrogens is 1. The first-order valence-corrected chi connectivity index (χ1v) is 13.9. The first-order valence-electron chi connectivity index (χ1n) is 13.9. The molecule has 1 atom stereocenters. The van der Waals surface area contributed by atoms with Crippen LogP contribution in [0.3, 0.4) is 0 Å². The Bertz CT molecular complexity index is 1350. The van der Waals surface area contributed by atoms with Crippen LogP contribution in [0.4, 0.5) is 0 Å². The number of carboxylic acids is 1. The molecule has 3 N–H and O–H groups in total. The van der Waals surface area contributed by atoms with Gasteiger partial charge < -0.3 is 15.2 Å². The van der Waals surface area contributed by atoms with Crippen molar-refractivity contribution in [1.29, 1.82) is 0 Å². The number of amides is 1. The van der Waals surface area contributed by atoms with Gasteiger partial charge in [-0.2, -0.15) is 5.10 Å². The quantitative estimate of drug-likeness (QED) is 0.268. The molecule has 1 aliphatic rings. The lowest BCUT2D eigenvalue weighted by Gasteiger charge is -2.21. The summed E-state index contributed by atoms with van der Waals surface area (Å²) in [7, 11) is 1.00. The molecule has 2 heterocycles. The third-order valence-electron chi connectivity index (χ3n) is 5.90. The summed E-state index contributed by atoms with van der Waals surface area (Å²) < 4.78 is 0. The molecule has 0 fully saturated rings. The minimum absolute atomic E-state index is 0.197. The second-order valence-electron chi connectivity index (χ2n) is 8.21. The van der Waals surface area contributed by atoms with Crippen molar-refractivity contribution in [2.24, 2.45) is 5.10 Å². The molecule has 1 aromatic carbocycles. The molecule has 0 saturated carbocycles. The summed E-state index contributed by atoms with van der Waals surface area (Å²) in [5.74, 6) is -1.49. The number of carboxylic acid groups (broad SMARTS) is 1. The standard InChI is InChI=1S/C29H29N3O4.2C2H6.CH4O/c1-5-8-15-22-19(4)27(20(7-3)12-6-2)28(29(36)30-22)23-18-24(21-13-10-9-11-14-21)32(31-23)25(33)16-17-26(34)35;3*1-2/h5-15,24H,1-3,16-18H2,4H3,(H,30,36)(H,34,35);2*1-2H3;2H,1H3/b15-8-,20-12+;;;. The normalized spacial score (nSPS) is 13.8. The number of aliphatic carboxylic acids is 1. The van der Waals surface area contributed by atoms with Gasteiger partial charge in [0.1, 0.15) is 0 Å². The Morgan fingerprint density at radius 3 is 2.19 bits per heavy atom. The Labute approximate surface area is 249 Å². The number of nitrogens with one attached hydrogen (secondary N) is 1. The van der Waals surface area contributed by atoms with Crippen LogP contribution in [0.5, 0.6) is 0 Å². The van der Waals surface area contributed by atoms with E-state index >= 15 is 0 Å². The van der Waals surface area contributed by atoms with Crippen molar-refractivity contribution in [1.82, 2.24) is 9.99 Å². The predicted molar refractivity (Wildman–Crippen MR) is 174 cm³/mol. The fourth-order valence-electron chi connectivity index (χ4n) is 4.22. The smallest absolute Gasteiger partial charge is 0.303 e. The van der Waals surface area contributed by atoms with Crippen LogP contribution in [-0.4, -0.2) is 44.9 Å². The number of hydrazone groups is 1. The number of benzene rings is 1. The average molecular weight is 576 g/mol. The zero-order chi connectivity index (χ0) is 32.2. The molecule has 0 aliphatic carbocycles. The molecular formula is C34H45N3O5. The highest BCUT2D eigenvalue weighted by atomic mass is 16.4. The van der Waals surface area contributed by atoms with Crippen LogP contribution in [0.1, 0.15) is 80.9 Å². The van der Waals surface area contributed by atoms with Gasteiger partial charge in [-0.15, -0.1) is 0 Å². The minimum Gasteiger partial charge on any atom is -0.481 e. The fraction of sp³-hybridized carbons (Fsp3) is 0.294. The first-order chi connectivity index (χ1) is 20.3. The Balaban J connectivity index is 0.00000263. The summed E-state index contributed by atoms with van der Waals surface area (Å²) in [5, 5.41) is 22.0. The highest BCUT2D eigenvalue weighted by Crippen LogP contribution is 2.35. The van der Waals surface area contributed by atoms with Crippen LogP contribution < -0.4 is 5.56 Å². The summed E-state index contributed by atoms with van der Waals surface area (Å²) in [5.41, 5.74) is 3.99. The Morgan fingerprint density at radius 2 is 1.67 bits per heavy atom. The largest absolute Gasteiger partial charge is 0.481 e. The molecule has 226 valence electrons. The lowest BCUT2D eigenvalue weighted by Crippen LogP contribution is -2.27. The zero-order valence-electron chi connectivity index (χ0n) is 25.7. The fourth-order valence-corrected chi connectivity index (χ4v) is 4.22. The third-order valence-corrected chi connectivity index (χ3v) is 5.90. The van der Waals surface area contributed by atoms with E-state index in [1.54, 1.807) is 36.5 Å². The van der Waals surface area contributed by atoms with Crippen molar-refractivity contribution in [3.63, 3.8) is 0 Å². The maximum atomic E-state index is 13.5. The Kier molecular flexibility index (Phi) is 18.1. The highest BCUT2D eigenvalue weighted by molar-refractivity contribution is 6.07. The van der Waals surface area contributed by atoms with E-state index in [0.717, 1.165) is 18.2 Å². The number of aliphatic hydroxyl groups excluding tert-OH is 1. The molecule has 1 amide bonds. The molecule has 0 saturated heterocycles. The molecule has 0 bridgehead atoms. The first kappa shape index (κ1) is 37.4. The lowest BCUT2D eigenvalue weighted by atomic mass is 9.89. The van der Waals surface area contributed by atoms with E-state index < -0.39 is 17.9 Å². The van der Waals surface area contributed by atoms with Crippen molar-refractivity contribution < 1.29 is 19.8 Å². The molecule has 1 aromatic heterocycles. The van der Waals surface area contributed by atoms with Gasteiger partial charge in [-0.1, -0.05) is 108 Å². The second kappa shape index (κ2) is 20.3. The summed E-state index contributed by atoms with van der Waals surface area (Å²) in [6.45, 7) is 21.3. The van der Waals surface area contributed by atoms with Crippen LogP contribution in [0, 0.1) is 6.92 Å². The van der Waals surface area contributed by atoms with E-state index in [1.807, 2.05) is 65.0 Å². The molecule has 1 unspecified atom stereocenters.